The van der Waals surface area contributed by atoms with Crippen LogP contribution in [0.1, 0.15) is 35.2 Å². The van der Waals surface area contributed by atoms with Gasteiger partial charge in [0.05, 0.1) is 5.92 Å². The second-order valence-electron chi connectivity index (χ2n) is 7.30. The molecule has 3 aromatic carbocycles. The summed E-state index contributed by atoms with van der Waals surface area (Å²) in [5, 5.41) is 9.82. The summed E-state index contributed by atoms with van der Waals surface area (Å²) in [6, 6.07) is 28.3. The van der Waals surface area contributed by atoms with Gasteiger partial charge in [-0.3, -0.25) is 9.69 Å². The van der Waals surface area contributed by atoms with Crippen LogP contribution in [0.15, 0.2) is 84.9 Å². The average molecular weight is 373 g/mol. The number of hydrogen-bond acceptors (Lipinski definition) is 2. The first kappa shape index (κ1) is 19.8. The largest absolute Gasteiger partial charge is 0.481 e. The van der Waals surface area contributed by atoms with Gasteiger partial charge < -0.3 is 5.11 Å². The molecule has 0 fully saturated rings. The zero-order chi connectivity index (χ0) is 19.9. The van der Waals surface area contributed by atoms with Gasteiger partial charge in [0, 0.05) is 19.1 Å². The van der Waals surface area contributed by atoms with Crippen molar-refractivity contribution in [1.29, 1.82) is 0 Å². The summed E-state index contributed by atoms with van der Waals surface area (Å²) in [6.45, 7) is 5.29. The fourth-order valence-electron chi connectivity index (χ4n) is 3.68. The summed E-state index contributed by atoms with van der Waals surface area (Å²) in [5.74, 6) is -1.31. The van der Waals surface area contributed by atoms with Crippen molar-refractivity contribution in [1.82, 2.24) is 4.90 Å². The summed E-state index contributed by atoms with van der Waals surface area (Å²) in [5.41, 5.74) is 4.64. The number of carbonyl (C=O) groups is 1. The summed E-state index contributed by atoms with van der Waals surface area (Å²) in [6.07, 6.45) is 0. The summed E-state index contributed by atoms with van der Waals surface area (Å²) < 4.78 is 0. The lowest BCUT2D eigenvalue weighted by Gasteiger charge is -2.35. The highest BCUT2D eigenvalue weighted by Gasteiger charge is 2.31. The number of rotatable bonds is 8. The molecule has 0 saturated carbocycles. The Morgan fingerprint density at radius 3 is 2.04 bits per heavy atom. The Morgan fingerprint density at radius 1 is 0.857 bits per heavy atom. The molecular weight excluding hydrogens is 346 g/mol. The van der Waals surface area contributed by atoms with Gasteiger partial charge in [-0.1, -0.05) is 91.9 Å². The van der Waals surface area contributed by atoms with E-state index in [-0.39, 0.29) is 6.04 Å². The minimum Gasteiger partial charge on any atom is -0.481 e. The monoisotopic (exact) mass is 373 g/mol. The molecule has 0 heterocycles. The van der Waals surface area contributed by atoms with E-state index in [1.807, 2.05) is 60.7 Å². The van der Waals surface area contributed by atoms with E-state index in [1.165, 1.54) is 16.7 Å². The molecule has 0 aromatic heterocycles. The third-order valence-corrected chi connectivity index (χ3v) is 5.26. The molecule has 144 valence electrons. The number of hydrogen-bond donors (Lipinski definition) is 1. The normalized spacial score (nSPS) is 13.2. The van der Waals surface area contributed by atoms with Crippen LogP contribution < -0.4 is 0 Å². The van der Waals surface area contributed by atoms with E-state index < -0.39 is 11.9 Å². The minimum absolute atomic E-state index is 0.224. The first-order valence-corrected chi connectivity index (χ1v) is 9.66. The smallest absolute Gasteiger partial charge is 0.308 e. The van der Waals surface area contributed by atoms with Crippen molar-refractivity contribution in [3.63, 3.8) is 0 Å². The number of benzene rings is 3. The third-order valence-electron chi connectivity index (χ3n) is 5.26. The van der Waals surface area contributed by atoms with E-state index in [4.69, 9.17) is 0 Å². The highest BCUT2D eigenvalue weighted by atomic mass is 16.4. The minimum atomic E-state index is -0.781. The van der Waals surface area contributed by atoms with Crippen molar-refractivity contribution in [3.05, 3.63) is 107 Å². The molecule has 3 nitrogen and oxygen atoms in total. The predicted molar refractivity (Wildman–Crippen MR) is 113 cm³/mol. The van der Waals surface area contributed by atoms with Gasteiger partial charge in [-0.05, 0) is 29.2 Å². The molecular formula is C25H27NO2. The lowest BCUT2D eigenvalue weighted by Crippen LogP contribution is -2.35. The van der Waals surface area contributed by atoms with Crippen LogP contribution in [-0.4, -0.2) is 16.0 Å². The first-order chi connectivity index (χ1) is 13.6. The van der Waals surface area contributed by atoms with Crippen molar-refractivity contribution < 1.29 is 9.90 Å². The first-order valence-electron chi connectivity index (χ1n) is 9.66. The molecule has 3 rings (SSSR count). The standard InChI is InChI=1S/C25H27NO2/c1-19-11-9-10-16-23(19)18-26(17-21-12-5-3-6-13-21)24(20(2)25(27)28)22-14-7-4-8-15-22/h3-16,20,24H,17-18H2,1-2H3,(H,27,28). The summed E-state index contributed by atoms with van der Waals surface area (Å²) in [4.78, 5) is 14.2. The van der Waals surface area contributed by atoms with E-state index in [9.17, 15) is 9.90 Å². The molecule has 0 aliphatic heterocycles. The van der Waals surface area contributed by atoms with Crippen LogP contribution >= 0.6 is 0 Å². The second kappa shape index (κ2) is 9.34. The second-order valence-corrected chi connectivity index (χ2v) is 7.30. The van der Waals surface area contributed by atoms with Crippen molar-refractivity contribution in [2.24, 2.45) is 5.92 Å². The number of nitrogens with zero attached hydrogens (tertiary/aromatic N) is 1. The van der Waals surface area contributed by atoms with Gasteiger partial charge in [-0.2, -0.15) is 0 Å². The molecule has 3 aromatic rings. The lowest BCUT2D eigenvalue weighted by molar-refractivity contribution is -0.144. The Labute approximate surface area is 167 Å². The van der Waals surface area contributed by atoms with Crippen LogP contribution in [0.5, 0.6) is 0 Å². The maximum absolute atomic E-state index is 12.0. The Morgan fingerprint density at radius 2 is 1.43 bits per heavy atom. The highest BCUT2D eigenvalue weighted by Crippen LogP contribution is 2.32. The van der Waals surface area contributed by atoms with Crippen molar-refractivity contribution in [2.75, 3.05) is 0 Å². The van der Waals surface area contributed by atoms with Gasteiger partial charge in [0.1, 0.15) is 0 Å². The summed E-state index contributed by atoms with van der Waals surface area (Å²) >= 11 is 0. The van der Waals surface area contributed by atoms with E-state index in [0.717, 1.165) is 5.56 Å². The van der Waals surface area contributed by atoms with E-state index in [1.54, 1.807) is 6.92 Å². The van der Waals surface area contributed by atoms with Gasteiger partial charge >= 0.3 is 5.97 Å². The lowest BCUT2D eigenvalue weighted by atomic mass is 9.91. The molecule has 0 aliphatic rings. The molecule has 0 bridgehead atoms. The Balaban J connectivity index is 2.02. The van der Waals surface area contributed by atoms with Crippen LogP contribution in [0, 0.1) is 12.8 Å². The molecule has 2 atom stereocenters. The van der Waals surface area contributed by atoms with Crippen molar-refractivity contribution in [3.8, 4) is 0 Å². The van der Waals surface area contributed by atoms with Crippen LogP contribution in [0.3, 0.4) is 0 Å². The van der Waals surface area contributed by atoms with E-state index in [2.05, 4.69) is 36.1 Å². The van der Waals surface area contributed by atoms with Gasteiger partial charge in [0.2, 0.25) is 0 Å². The quantitative estimate of drug-likeness (QED) is 0.570. The van der Waals surface area contributed by atoms with Crippen LogP contribution in [0.4, 0.5) is 0 Å². The molecule has 0 amide bonds. The van der Waals surface area contributed by atoms with Gasteiger partial charge in [0.25, 0.3) is 0 Å². The van der Waals surface area contributed by atoms with Crippen LogP contribution in [0.2, 0.25) is 0 Å². The van der Waals surface area contributed by atoms with Gasteiger partial charge in [0.15, 0.2) is 0 Å². The van der Waals surface area contributed by atoms with Crippen LogP contribution in [0.25, 0.3) is 0 Å². The Bertz CT molecular complexity index is 893. The molecule has 0 aliphatic carbocycles. The molecule has 1 N–H and O–H groups in total. The molecule has 2 unspecified atom stereocenters. The summed E-state index contributed by atoms with van der Waals surface area (Å²) in [7, 11) is 0. The SMILES string of the molecule is Cc1ccccc1CN(Cc1ccccc1)C(c1ccccc1)C(C)C(=O)O. The zero-order valence-corrected chi connectivity index (χ0v) is 16.5. The van der Waals surface area contributed by atoms with Crippen molar-refractivity contribution >= 4 is 5.97 Å². The van der Waals surface area contributed by atoms with Gasteiger partial charge in [-0.25, -0.2) is 0 Å². The van der Waals surface area contributed by atoms with Crippen molar-refractivity contribution in [2.45, 2.75) is 33.0 Å². The maximum atomic E-state index is 12.0. The van der Waals surface area contributed by atoms with E-state index >= 15 is 0 Å². The fraction of sp³-hybridized carbons (Fsp3) is 0.240. The predicted octanol–water partition coefficient (Wildman–Crippen LogP) is 5.46. The number of aryl methyl sites for hydroxylation is 1. The molecule has 28 heavy (non-hydrogen) atoms. The number of carboxylic acids is 1. The molecule has 0 radical (unpaired) electrons. The molecule has 0 saturated heterocycles. The van der Waals surface area contributed by atoms with Crippen LogP contribution in [-0.2, 0) is 17.9 Å². The maximum Gasteiger partial charge on any atom is 0.308 e. The van der Waals surface area contributed by atoms with E-state index in [0.29, 0.717) is 13.1 Å². The van der Waals surface area contributed by atoms with Gasteiger partial charge in [-0.15, -0.1) is 0 Å². The number of aliphatic carboxylic acids is 1. The Kier molecular flexibility index (Phi) is 6.62. The Hall–Kier alpha value is -2.91. The zero-order valence-electron chi connectivity index (χ0n) is 16.5. The highest BCUT2D eigenvalue weighted by molar-refractivity contribution is 5.70. The third kappa shape index (κ3) is 4.87. The topological polar surface area (TPSA) is 40.5 Å². The molecule has 0 spiro atoms. The molecule has 3 heteroatoms. The number of carboxylic acid groups (broad SMARTS) is 1. The average Bonchev–Trinajstić information content (AvgIpc) is 2.71. The fourth-order valence-corrected chi connectivity index (χ4v) is 3.68.